The van der Waals surface area contributed by atoms with Crippen LogP contribution in [0.3, 0.4) is 0 Å². The highest BCUT2D eigenvalue weighted by Gasteiger charge is 2.08. The molecule has 0 amide bonds. The lowest BCUT2D eigenvalue weighted by atomic mass is 10.1. The number of nitrogens with one attached hydrogen (secondary N) is 1. The zero-order chi connectivity index (χ0) is 13.8. The van der Waals surface area contributed by atoms with Gasteiger partial charge in [0.05, 0.1) is 6.10 Å². The van der Waals surface area contributed by atoms with Crippen LogP contribution in [0.4, 0.5) is 5.95 Å². The van der Waals surface area contributed by atoms with Crippen molar-refractivity contribution in [2.45, 2.75) is 20.0 Å². The van der Waals surface area contributed by atoms with E-state index >= 15 is 0 Å². The summed E-state index contributed by atoms with van der Waals surface area (Å²) in [5.74, 6) is 1.46. The summed E-state index contributed by atoms with van der Waals surface area (Å²) in [5.41, 5.74) is 2.19. The van der Waals surface area contributed by atoms with Crippen LogP contribution >= 0.6 is 0 Å². The van der Waals surface area contributed by atoms with Gasteiger partial charge in [-0.2, -0.15) is 4.98 Å². The van der Waals surface area contributed by atoms with Gasteiger partial charge in [0.15, 0.2) is 5.82 Å². The Morgan fingerprint density at radius 1 is 1.26 bits per heavy atom. The van der Waals surface area contributed by atoms with Crippen LogP contribution in [0.25, 0.3) is 11.4 Å². The number of aromatic nitrogens is 3. The van der Waals surface area contributed by atoms with Crippen LogP contribution in [0.5, 0.6) is 0 Å². The summed E-state index contributed by atoms with van der Waals surface area (Å²) < 4.78 is 5.57. The van der Waals surface area contributed by atoms with Crippen molar-refractivity contribution in [3.8, 4) is 11.4 Å². The highest BCUT2D eigenvalue weighted by Crippen LogP contribution is 2.21. The highest BCUT2D eigenvalue weighted by atomic mass is 16.5. The fourth-order valence-corrected chi connectivity index (χ4v) is 1.84. The van der Waals surface area contributed by atoms with Gasteiger partial charge >= 0.3 is 0 Å². The van der Waals surface area contributed by atoms with Gasteiger partial charge in [0.25, 0.3) is 0 Å². The molecule has 19 heavy (non-hydrogen) atoms. The number of nitrogens with zero attached hydrogens (tertiary/aromatic N) is 3. The van der Waals surface area contributed by atoms with Crippen molar-refractivity contribution in [1.29, 1.82) is 0 Å². The summed E-state index contributed by atoms with van der Waals surface area (Å²) in [5, 5.41) is 7.09. The maximum atomic E-state index is 5.57. The minimum Gasteiger partial charge on any atom is -0.374 e. The molecule has 1 aromatic heterocycles. The molecule has 102 valence electrons. The summed E-state index contributed by atoms with van der Waals surface area (Å²) in [6.07, 6.45) is 0.117. The minimum absolute atomic E-state index is 0.117. The van der Waals surface area contributed by atoms with E-state index < -0.39 is 0 Å². The molecular weight excluding hydrogens is 240 g/mol. The first-order valence-electron chi connectivity index (χ1n) is 6.43. The fourth-order valence-electron chi connectivity index (χ4n) is 1.84. The Bertz CT molecular complexity index is 518. The highest BCUT2D eigenvalue weighted by molar-refractivity contribution is 5.56. The lowest BCUT2D eigenvalue weighted by Gasteiger charge is -2.11. The Morgan fingerprint density at radius 3 is 2.47 bits per heavy atom. The molecule has 0 spiro atoms. The maximum Gasteiger partial charge on any atom is 0.244 e. The lowest BCUT2D eigenvalue weighted by molar-refractivity contribution is 0.0764. The molecule has 1 aromatic carbocycles. The summed E-state index contributed by atoms with van der Waals surface area (Å²) in [6, 6.07) is 8.19. The molecule has 0 aliphatic heterocycles. The number of hydrogen-bond acceptors (Lipinski definition) is 4. The molecule has 2 rings (SSSR count). The monoisotopic (exact) mass is 260 g/mol. The van der Waals surface area contributed by atoms with Crippen molar-refractivity contribution in [2.24, 2.45) is 0 Å². The van der Waals surface area contributed by atoms with Crippen LogP contribution in [0.1, 0.15) is 25.5 Å². The Morgan fingerprint density at radius 2 is 1.95 bits per heavy atom. The van der Waals surface area contributed by atoms with Gasteiger partial charge in [0.1, 0.15) is 0 Å². The molecule has 0 saturated carbocycles. The van der Waals surface area contributed by atoms with Crippen molar-refractivity contribution in [3.63, 3.8) is 0 Å². The quantitative estimate of drug-likeness (QED) is 0.898. The average molecular weight is 260 g/mol. The molecule has 0 bridgehead atoms. The van der Waals surface area contributed by atoms with Gasteiger partial charge < -0.3 is 9.64 Å². The van der Waals surface area contributed by atoms with E-state index in [0.717, 1.165) is 23.6 Å². The van der Waals surface area contributed by atoms with Crippen molar-refractivity contribution < 1.29 is 4.74 Å². The van der Waals surface area contributed by atoms with E-state index in [1.54, 1.807) is 0 Å². The fraction of sp³-hybridized carbons (Fsp3) is 0.429. The molecule has 1 unspecified atom stereocenters. The zero-order valence-corrected chi connectivity index (χ0v) is 11.8. The minimum atomic E-state index is 0.117. The van der Waals surface area contributed by atoms with Crippen LogP contribution in [-0.4, -0.2) is 35.9 Å². The largest absolute Gasteiger partial charge is 0.374 e. The molecule has 1 atom stereocenters. The number of ether oxygens (including phenoxy) is 1. The summed E-state index contributed by atoms with van der Waals surface area (Å²) >= 11 is 0. The molecule has 5 heteroatoms. The van der Waals surface area contributed by atoms with E-state index in [9.17, 15) is 0 Å². The van der Waals surface area contributed by atoms with Gasteiger partial charge in [-0.1, -0.05) is 24.3 Å². The first-order chi connectivity index (χ1) is 9.11. The third kappa shape index (κ3) is 3.12. The SMILES string of the molecule is CCOC(C)c1ccc(-c2nc(N(C)C)n[nH]2)cc1. The van der Waals surface area contributed by atoms with Crippen LogP contribution < -0.4 is 4.90 Å². The molecule has 0 fully saturated rings. The molecule has 0 saturated heterocycles. The van der Waals surface area contributed by atoms with Gasteiger partial charge in [-0.25, -0.2) is 0 Å². The molecule has 0 aliphatic carbocycles. The third-order valence-electron chi connectivity index (χ3n) is 2.94. The molecule has 5 nitrogen and oxygen atoms in total. The van der Waals surface area contributed by atoms with Crippen LogP contribution in [0.15, 0.2) is 24.3 Å². The third-order valence-corrected chi connectivity index (χ3v) is 2.94. The molecule has 0 aliphatic rings. The number of hydrogen-bond donors (Lipinski definition) is 1. The van der Waals surface area contributed by atoms with E-state index in [4.69, 9.17) is 4.74 Å². The van der Waals surface area contributed by atoms with Gasteiger partial charge in [-0.05, 0) is 19.4 Å². The predicted octanol–water partition coefficient (Wildman–Crippen LogP) is 2.64. The number of anilines is 1. The molecular formula is C14H20N4O. The van der Waals surface area contributed by atoms with E-state index in [-0.39, 0.29) is 6.10 Å². The summed E-state index contributed by atoms with van der Waals surface area (Å²) in [6.45, 7) is 4.77. The topological polar surface area (TPSA) is 54.0 Å². The van der Waals surface area contributed by atoms with Gasteiger partial charge in [0, 0.05) is 26.3 Å². The van der Waals surface area contributed by atoms with E-state index in [1.165, 1.54) is 0 Å². The van der Waals surface area contributed by atoms with Gasteiger partial charge in [-0.15, -0.1) is 5.10 Å². The second-order valence-corrected chi connectivity index (χ2v) is 4.60. The second-order valence-electron chi connectivity index (χ2n) is 4.60. The summed E-state index contributed by atoms with van der Waals surface area (Å²) in [4.78, 5) is 6.29. The van der Waals surface area contributed by atoms with E-state index in [2.05, 4.69) is 34.2 Å². The number of H-pyrrole nitrogens is 1. The van der Waals surface area contributed by atoms with Crippen LogP contribution in [0.2, 0.25) is 0 Å². The van der Waals surface area contributed by atoms with Crippen molar-refractivity contribution >= 4 is 5.95 Å². The van der Waals surface area contributed by atoms with Crippen LogP contribution in [0, 0.1) is 0 Å². The number of benzene rings is 1. The summed E-state index contributed by atoms with van der Waals surface area (Å²) in [7, 11) is 3.83. The Kier molecular flexibility index (Phi) is 4.16. The van der Waals surface area contributed by atoms with E-state index in [0.29, 0.717) is 5.95 Å². The molecule has 2 aromatic rings. The molecule has 1 N–H and O–H groups in total. The Labute approximate surface area is 113 Å². The Hall–Kier alpha value is -1.88. The zero-order valence-electron chi connectivity index (χ0n) is 11.8. The Balaban J connectivity index is 2.17. The average Bonchev–Trinajstić information content (AvgIpc) is 2.89. The maximum absolute atomic E-state index is 5.57. The van der Waals surface area contributed by atoms with Gasteiger partial charge in [0.2, 0.25) is 5.95 Å². The van der Waals surface area contributed by atoms with Crippen molar-refractivity contribution in [2.75, 3.05) is 25.6 Å². The normalized spacial score (nSPS) is 12.4. The second kappa shape index (κ2) is 5.84. The first-order valence-corrected chi connectivity index (χ1v) is 6.43. The number of rotatable bonds is 5. The van der Waals surface area contributed by atoms with E-state index in [1.807, 2.05) is 38.1 Å². The van der Waals surface area contributed by atoms with Crippen molar-refractivity contribution in [3.05, 3.63) is 29.8 Å². The molecule has 0 radical (unpaired) electrons. The number of aromatic amines is 1. The standard InChI is InChI=1S/C14H20N4O/c1-5-19-10(2)11-6-8-12(9-7-11)13-15-14(17-16-13)18(3)4/h6-10H,5H2,1-4H3,(H,15,16,17). The first kappa shape index (κ1) is 13.5. The molecule has 1 heterocycles. The van der Waals surface area contributed by atoms with Crippen molar-refractivity contribution in [1.82, 2.24) is 15.2 Å². The predicted molar refractivity (Wildman–Crippen MR) is 76.2 cm³/mol. The lowest BCUT2D eigenvalue weighted by Crippen LogP contribution is -2.10. The van der Waals surface area contributed by atoms with Gasteiger partial charge in [-0.3, -0.25) is 5.10 Å². The smallest absolute Gasteiger partial charge is 0.244 e. The van der Waals surface area contributed by atoms with Crippen LogP contribution in [-0.2, 0) is 4.74 Å².